The van der Waals surface area contributed by atoms with Gasteiger partial charge >= 0.3 is 0 Å². The van der Waals surface area contributed by atoms with Crippen molar-refractivity contribution < 1.29 is 25.0 Å². The van der Waals surface area contributed by atoms with Crippen LogP contribution in [0.2, 0.25) is 0 Å². The van der Waals surface area contributed by atoms with Gasteiger partial charge in [0.05, 0.1) is 5.56 Å². The lowest BCUT2D eigenvalue weighted by Gasteiger charge is -2.14. The molecule has 0 radical (unpaired) electrons. The van der Waals surface area contributed by atoms with E-state index in [1.165, 1.54) is 12.1 Å². The van der Waals surface area contributed by atoms with Gasteiger partial charge < -0.3 is 20.4 Å². The van der Waals surface area contributed by atoms with Crippen LogP contribution in [0.5, 0.6) is 23.0 Å². The average molecular weight is 286 g/mol. The predicted molar refractivity (Wildman–Crippen MR) is 77.2 cm³/mol. The first-order valence-corrected chi connectivity index (χ1v) is 6.68. The van der Waals surface area contributed by atoms with Crippen molar-refractivity contribution in [2.75, 3.05) is 6.54 Å². The van der Waals surface area contributed by atoms with Crippen molar-refractivity contribution in [1.82, 2.24) is 0 Å². The van der Waals surface area contributed by atoms with Gasteiger partial charge in [-0.1, -0.05) is 6.07 Å². The van der Waals surface area contributed by atoms with Gasteiger partial charge in [-0.15, -0.1) is 0 Å². The van der Waals surface area contributed by atoms with Gasteiger partial charge in [0, 0.05) is 12.0 Å². The lowest BCUT2D eigenvalue weighted by Crippen LogP contribution is -2.22. The van der Waals surface area contributed by atoms with E-state index in [4.69, 9.17) is 0 Å². The van der Waals surface area contributed by atoms with Crippen LogP contribution in [-0.4, -0.2) is 37.8 Å². The van der Waals surface area contributed by atoms with Gasteiger partial charge in [-0.3, -0.25) is 0 Å². The van der Waals surface area contributed by atoms with E-state index in [2.05, 4.69) is 0 Å². The molecule has 0 saturated heterocycles. The molecular formula is C16H16NO4+. The van der Waals surface area contributed by atoms with E-state index < -0.39 is 0 Å². The number of hydrogen-bond donors (Lipinski definition) is 4. The first-order chi connectivity index (χ1) is 10.0. The molecule has 0 aliphatic carbocycles. The van der Waals surface area contributed by atoms with E-state index in [0.29, 0.717) is 12.1 Å². The second-order valence-electron chi connectivity index (χ2n) is 5.17. The Morgan fingerprint density at radius 1 is 0.952 bits per heavy atom. The fraction of sp³-hybridized carbons (Fsp3) is 0.188. The van der Waals surface area contributed by atoms with Crippen LogP contribution in [0.25, 0.3) is 0 Å². The largest absolute Gasteiger partial charge is 0.504 e. The zero-order chi connectivity index (χ0) is 15.0. The Hall–Kier alpha value is -2.69. The van der Waals surface area contributed by atoms with Crippen LogP contribution >= 0.6 is 0 Å². The van der Waals surface area contributed by atoms with Gasteiger partial charge in [0.2, 0.25) is 0 Å². The monoisotopic (exact) mass is 286 g/mol. The maximum absolute atomic E-state index is 9.84. The van der Waals surface area contributed by atoms with Gasteiger partial charge in [-0.2, -0.15) is 0 Å². The number of para-hydroxylation sites is 1. The Balaban J connectivity index is 1.92. The van der Waals surface area contributed by atoms with E-state index in [-0.39, 0.29) is 23.0 Å². The van der Waals surface area contributed by atoms with Crippen molar-refractivity contribution in [3.05, 3.63) is 47.0 Å². The SMILES string of the molecule is Oc1cc2c(cc1O)CC[N+](Cc1cccc(O)c1O)=C2. The molecule has 2 aromatic carbocycles. The number of nitrogens with zero attached hydrogens (tertiary/aromatic N) is 1. The van der Waals surface area contributed by atoms with Crippen LogP contribution in [0.3, 0.4) is 0 Å². The lowest BCUT2D eigenvalue weighted by molar-refractivity contribution is -0.540. The summed E-state index contributed by atoms with van der Waals surface area (Å²) in [4.78, 5) is 0. The zero-order valence-electron chi connectivity index (χ0n) is 11.3. The molecule has 0 fully saturated rings. The summed E-state index contributed by atoms with van der Waals surface area (Å²) in [7, 11) is 0. The number of phenolic OH excluding ortho intramolecular Hbond substituents is 4. The molecule has 0 aromatic heterocycles. The van der Waals surface area contributed by atoms with Crippen LogP contribution < -0.4 is 0 Å². The first kappa shape index (κ1) is 13.3. The van der Waals surface area contributed by atoms with E-state index >= 15 is 0 Å². The molecule has 1 aliphatic heterocycles. The van der Waals surface area contributed by atoms with Crippen LogP contribution in [0.15, 0.2) is 30.3 Å². The molecule has 3 rings (SSSR count). The molecule has 0 bridgehead atoms. The predicted octanol–water partition coefficient (Wildman–Crippen LogP) is 1.70. The number of aromatic hydroxyl groups is 4. The zero-order valence-corrected chi connectivity index (χ0v) is 11.3. The summed E-state index contributed by atoms with van der Waals surface area (Å²) in [5.41, 5.74) is 2.45. The fourth-order valence-corrected chi connectivity index (χ4v) is 2.55. The van der Waals surface area contributed by atoms with Crippen molar-refractivity contribution in [2.24, 2.45) is 0 Å². The molecule has 2 aromatic rings. The average Bonchev–Trinajstić information content (AvgIpc) is 2.45. The van der Waals surface area contributed by atoms with Gasteiger partial charge in [0.15, 0.2) is 35.8 Å². The normalized spacial score (nSPS) is 13.6. The van der Waals surface area contributed by atoms with E-state index in [0.717, 1.165) is 24.1 Å². The van der Waals surface area contributed by atoms with Crippen molar-refractivity contribution in [3.63, 3.8) is 0 Å². The highest BCUT2D eigenvalue weighted by Crippen LogP contribution is 2.31. The van der Waals surface area contributed by atoms with Crippen LogP contribution in [-0.2, 0) is 13.0 Å². The fourth-order valence-electron chi connectivity index (χ4n) is 2.55. The number of phenols is 4. The molecule has 108 valence electrons. The minimum absolute atomic E-state index is 0.106. The summed E-state index contributed by atoms with van der Waals surface area (Å²) >= 11 is 0. The summed E-state index contributed by atoms with van der Waals surface area (Å²) in [5.74, 6) is -0.494. The summed E-state index contributed by atoms with van der Waals surface area (Å²) in [6.07, 6.45) is 2.61. The first-order valence-electron chi connectivity index (χ1n) is 6.68. The third-order valence-corrected chi connectivity index (χ3v) is 3.70. The maximum atomic E-state index is 9.84. The van der Waals surface area contributed by atoms with Gasteiger partial charge in [-0.25, -0.2) is 4.58 Å². The topological polar surface area (TPSA) is 83.9 Å². The van der Waals surface area contributed by atoms with Crippen molar-refractivity contribution in [1.29, 1.82) is 0 Å². The maximum Gasteiger partial charge on any atom is 0.172 e. The standard InChI is InChI=1S/C16H15NO4/c18-13-3-1-2-11(16(13)21)8-17-5-4-10-6-14(19)15(20)7-12(10)9-17/h1-3,6-7,9,18,20-21H,4-5,8H2/p+1. The Morgan fingerprint density at radius 3 is 2.52 bits per heavy atom. The lowest BCUT2D eigenvalue weighted by atomic mass is 10.0. The van der Waals surface area contributed by atoms with E-state index in [9.17, 15) is 20.4 Å². The van der Waals surface area contributed by atoms with E-state index in [1.54, 1.807) is 18.2 Å². The minimum Gasteiger partial charge on any atom is -0.504 e. The number of rotatable bonds is 2. The molecule has 5 nitrogen and oxygen atoms in total. The third kappa shape index (κ3) is 2.50. The molecule has 1 aliphatic rings. The Bertz CT molecular complexity index is 737. The summed E-state index contributed by atoms with van der Waals surface area (Å²) in [6, 6.07) is 7.98. The summed E-state index contributed by atoms with van der Waals surface area (Å²) in [6.45, 7) is 1.19. The van der Waals surface area contributed by atoms with Gasteiger partial charge in [0.25, 0.3) is 0 Å². The van der Waals surface area contributed by atoms with Crippen molar-refractivity contribution >= 4 is 6.21 Å². The Morgan fingerprint density at radius 2 is 1.71 bits per heavy atom. The van der Waals surface area contributed by atoms with E-state index in [1.807, 2.05) is 10.8 Å². The minimum atomic E-state index is -0.146. The third-order valence-electron chi connectivity index (χ3n) is 3.70. The van der Waals surface area contributed by atoms with Gasteiger partial charge in [0.1, 0.15) is 6.54 Å². The summed E-state index contributed by atoms with van der Waals surface area (Å²) in [5, 5.41) is 38.4. The van der Waals surface area contributed by atoms with Crippen LogP contribution in [0, 0.1) is 0 Å². The second-order valence-corrected chi connectivity index (χ2v) is 5.17. The highest BCUT2D eigenvalue weighted by atomic mass is 16.3. The molecule has 0 unspecified atom stereocenters. The van der Waals surface area contributed by atoms with Crippen molar-refractivity contribution in [3.8, 4) is 23.0 Å². The van der Waals surface area contributed by atoms with Crippen LogP contribution in [0.1, 0.15) is 16.7 Å². The highest BCUT2D eigenvalue weighted by Gasteiger charge is 2.20. The molecule has 0 amide bonds. The molecule has 1 heterocycles. The Kier molecular flexibility index (Phi) is 3.17. The molecule has 5 heteroatoms. The number of fused-ring (bicyclic) bond motifs is 1. The molecular weight excluding hydrogens is 270 g/mol. The summed E-state index contributed by atoms with van der Waals surface area (Å²) < 4.78 is 1.99. The highest BCUT2D eigenvalue weighted by molar-refractivity contribution is 5.80. The molecule has 4 N–H and O–H groups in total. The number of benzene rings is 2. The molecule has 0 saturated carbocycles. The Labute approximate surface area is 121 Å². The second kappa shape index (κ2) is 5.01. The molecule has 21 heavy (non-hydrogen) atoms. The van der Waals surface area contributed by atoms with Crippen molar-refractivity contribution in [2.45, 2.75) is 13.0 Å². The van der Waals surface area contributed by atoms with Crippen LogP contribution in [0.4, 0.5) is 0 Å². The smallest absolute Gasteiger partial charge is 0.172 e. The molecule has 0 atom stereocenters. The quantitative estimate of drug-likeness (QED) is 0.500. The number of hydrogen-bond acceptors (Lipinski definition) is 4. The van der Waals surface area contributed by atoms with Gasteiger partial charge in [-0.05, 0) is 29.8 Å². The molecule has 0 spiro atoms.